The Labute approximate surface area is 170 Å². The molecule has 0 aliphatic carbocycles. The van der Waals surface area contributed by atoms with E-state index in [0.717, 1.165) is 22.9 Å². The molecule has 0 aromatic heterocycles. The van der Waals surface area contributed by atoms with Crippen LogP contribution >= 0.6 is 11.8 Å². The van der Waals surface area contributed by atoms with Crippen LogP contribution in [-0.2, 0) is 4.74 Å². The lowest BCUT2D eigenvalue weighted by Gasteiger charge is -2.39. The minimum absolute atomic E-state index is 0.0199. The summed E-state index contributed by atoms with van der Waals surface area (Å²) in [4.78, 5) is 12.6. The molecule has 0 amide bonds. The number of aliphatic hydroxyl groups excluding tert-OH is 3. The molecule has 1 heterocycles. The highest BCUT2D eigenvalue weighted by Gasteiger charge is 2.43. The van der Waals surface area contributed by atoms with E-state index in [2.05, 4.69) is 0 Å². The van der Waals surface area contributed by atoms with Gasteiger partial charge in [-0.3, -0.25) is 4.79 Å². The van der Waals surface area contributed by atoms with Crippen LogP contribution in [0.4, 0.5) is 0 Å². The molecule has 2 rings (SSSR count). The van der Waals surface area contributed by atoms with E-state index >= 15 is 0 Å². The molecule has 1 aliphatic heterocycles. The molecule has 1 fully saturated rings. The Morgan fingerprint density at radius 1 is 1.07 bits per heavy atom. The lowest BCUT2D eigenvalue weighted by Crippen LogP contribution is -2.58. The van der Waals surface area contributed by atoms with Crippen LogP contribution in [0.1, 0.15) is 53.7 Å². The van der Waals surface area contributed by atoms with Crippen LogP contribution in [0.15, 0.2) is 0 Å². The van der Waals surface area contributed by atoms with Crippen LogP contribution in [0.25, 0.3) is 0 Å². The topological polar surface area (TPSA) is 105 Å². The molecule has 1 aromatic carbocycles. The predicted molar refractivity (Wildman–Crippen MR) is 107 cm³/mol. The summed E-state index contributed by atoms with van der Waals surface area (Å²) < 4.78 is 17.1. The molecule has 158 valence electrons. The van der Waals surface area contributed by atoms with Crippen LogP contribution in [-0.4, -0.2) is 64.5 Å². The number of carbonyl (C=O) groups excluding carboxylic acids is 1. The van der Waals surface area contributed by atoms with Crippen molar-refractivity contribution in [3.05, 3.63) is 22.3 Å². The van der Waals surface area contributed by atoms with Gasteiger partial charge < -0.3 is 29.5 Å². The fourth-order valence-electron chi connectivity index (χ4n) is 3.69. The minimum Gasteiger partial charge on any atom is -0.496 e. The molecule has 0 saturated carbocycles. The summed E-state index contributed by atoms with van der Waals surface area (Å²) in [6.45, 7) is 9.17. The van der Waals surface area contributed by atoms with Crippen molar-refractivity contribution in [3.8, 4) is 11.5 Å². The smallest absolute Gasteiger partial charge is 0.229 e. The molecule has 8 heteroatoms. The third kappa shape index (κ3) is 4.02. The Kier molecular flexibility index (Phi) is 7.38. The Hall–Kier alpha value is -1.32. The van der Waals surface area contributed by atoms with Crippen LogP contribution in [0, 0.1) is 13.8 Å². The van der Waals surface area contributed by atoms with Gasteiger partial charge in [0.1, 0.15) is 29.8 Å². The van der Waals surface area contributed by atoms with Gasteiger partial charge in [-0.05, 0) is 44.1 Å². The van der Waals surface area contributed by atoms with Gasteiger partial charge in [0.05, 0.1) is 18.8 Å². The molecular weight excluding hydrogens is 384 g/mol. The number of carbonyl (C=O) groups is 1. The first kappa shape index (κ1) is 23.0. The number of methoxy groups -OCH3 is 1. The second kappa shape index (κ2) is 9.00. The number of aliphatic hydroxyl groups is 3. The minimum atomic E-state index is -1.42. The van der Waals surface area contributed by atoms with E-state index in [1.54, 1.807) is 20.1 Å². The average Bonchev–Trinajstić information content (AvgIpc) is 2.65. The van der Waals surface area contributed by atoms with Crippen LogP contribution in [0.3, 0.4) is 0 Å². The predicted octanol–water partition coefficient (Wildman–Crippen LogP) is 2.14. The van der Waals surface area contributed by atoms with Crippen molar-refractivity contribution in [1.82, 2.24) is 0 Å². The molecule has 5 atom stereocenters. The maximum atomic E-state index is 12.6. The Morgan fingerprint density at radius 3 is 2.18 bits per heavy atom. The maximum Gasteiger partial charge on any atom is 0.229 e. The number of ether oxygens (including phenoxy) is 3. The molecule has 1 saturated heterocycles. The van der Waals surface area contributed by atoms with Gasteiger partial charge in [-0.1, -0.05) is 25.6 Å². The second-order valence-electron chi connectivity index (χ2n) is 7.35. The van der Waals surface area contributed by atoms with Crippen molar-refractivity contribution in [2.45, 2.75) is 71.2 Å². The summed E-state index contributed by atoms with van der Waals surface area (Å²) in [6, 6.07) is 0. The van der Waals surface area contributed by atoms with Crippen molar-refractivity contribution < 1.29 is 34.3 Å². The zero-order chi connectivity index (χ0) is 21.3. The first-order valence-corrected chi connectivity index (χ1v) is 10.4. The van der Waals surface area contributed by atoms with Crippen LogP contribution in [0.2, 0.25) is 0 Å². The third-order valence-corrected chi connectivity index (χ3v) is 5.71. The lowest BCUT2D eigenvalue weighted by molar-refractivity contribution is -0.268. The van der Waals surface area contributed by atoms with Crippen LogP contribution < -0.4 is 9.47 Å². The van der Waals surface area contributed by atoms with E-state index < -0.39 is 30.7 Å². The number of benzene rings is 1. The Balaban J connectivity index is 2.59. The van der Waals surface area contributed by atoms with Crippen molar-refractivity contribution in [1.29, 1.82) is 0 Å². The Morgan fingerprint density at radius 2 is 1.68 bits per heavy atom. The van der Waals surface area contributed by atoms with Crippen molar-refractivity contribution >= 4 is 16.9 Å². The molecule has 0 bridgehead atoms. The summed E-state index contributed by atoms with van der Waals surface area (Å²) in [5.74, 6) is 0.868. The van der Waals surface area contributed by atoms with Crippen molar-refractivity contribution in [2.75, 3.05) is 13.4 Å². The molecular formula is C20H30O7S. The normalized spacial score (nSPS) is 27.8. The number of thioether (sulfide) groups is 1. The van der Waals surface area contributed by atoms with Crippen LogP contribution in [0.5, 0.6) is 11.5 Å². The second-order valence-corrected chi connectivity index (χ2v) is 8.13. The molecule has 7 nitrogen and oxygen atoms in total. The molecule has 1 aliphatic rings. The first-order valence-electron chi connectivity index (χ1n) is 9.22. The van der Waals surface area contributed by atoms with Crippen molar-refractivity contribution in [3.63, 3.8) is 0 Å². The fraction of sp³-hybridized carbons (Fsp3) is 0.650. The molecule has 3 N–H and O–H groups in total. The highest BCUT2D eigenvalue weighted by molar-refractivity contribution is 8.13. The monoisotopic (exact) mass is 414 g/mol. The quantitative estimate of drug-likeness (QED) is 0.673. The van der Waals surface area contributed by atoms with Gasteiger partial charge in [0.15, 0.2) is 0 Å². The summed E-state index contributed by atoms with van der Waals surface area (Å²) >= 11 is 1.11. The largest absolute Gasteiger partial charge is 0.496 e. The molecule has 28 heavy (non-hydrogen) atoms. The SMILES string of the molecule is COc1c(C)c(O[C@@H]2O[C@@H](C)[C@H](O)[C@@H](O)[C@H]2O)c(C)c(C(C)C)c1C(=O)SC. The van der Waals surface area contributed by atoms with Gasteiger partial charge in [0.2, 0.25) is 11.4 Å². The van der Waals surface area contributed by atoms with E-state index in [1.165, 1.54) is 7.11 Å². The summed E-state index contributed by atoms with van der Waals surface area (Å²) in [5.41, 5.74) is 2.66. The highest BCUT2D eigenvalue weighted by Crippen LogP contribution is 2.43. The summed E-state index contributed by atoms with van der Waals surface area (Å²) in [6.07, 6.45) is -4.18. The maximum absolute atomic E-state index is 12.6. The molecule has 0 spiro atoms. The molecule has 0 unspecified atom stereocenters. The zero-order valence-electron chi connectivity index (χ0n) is 17.3. The van der Waals surface area contributed by atoms with Crippen molar-refractivity contribution in [2.24, 2.45) is 0 Å². The van der Waals surface area contributed by atoms with E-state index in [-0.39, 0.29) is 11.0 Å². The molecule has 0 radical (unpaired) electrons. The van der Waals surface area contributed by atoms with E-state index in [0.29, 0.717) is 22.6 Å². The zero-order valence-corrected chi connectivity index (χ0v) is 18.2. The van der Waals surface area contributed by atoms with E-state index in [9.17, 15) is 20.1 Å². The Bertz CT molecular complexity index is 734. The van der Waals surface area contributed by atoms with E-state index in [1.807, 2.05) is 20.8 Å². The van der Waals surface area contributed by atoms with Gasteiger partial charge in [0, 0.05) is 5.56 Å². The fourth-order valence-corrected chi connectivity index (χ4v) is 4.10. The first-order chi connectivity index (χ1) is 13.1. The summed E-state index contributed by atoms with van der Waals surface area (Å²) in [7, 11) is 1.50. The molecule has 1 aromatic rings. The lowest BCUT2D eigenvalue weighted by atomic mass is 9.89. The number of rotatable bonds is 5. The number of hydrogen-bond acceptors (Lipinski definition) is 8. The van der Waals surface area contributed by atoms with E-state index in [4.69, 9.17) is 14.2 Å². The average molecular weight is 415 g/mol. The van der Waals surface area contributed by atoms with Gasteiger partial charge in [-0.25, -0.2) is 0 Å². The van der Waals surface area contributed by atoms with Gasteiger partial charge in [0.25, 0.3) is 0 Å². The van der Waals surface area contributed by atoms with Gasteiger partial charge in [-0.15, -0.1) is 0 Å². The van der Waals surface area contributed by atoms with Gasteiger partial charge in [-0.2, -0.15) is 0 Å². The standard InChI is InChI=1S/C20H30O7S/c1-8(2)12-9(3)17(10(4)18(25-6)13(12)19(24)28-7)27-20-16(23)15(22)14(21)11(5)26-20/h8,11,14-16,20-23H,1-7H3/t11-,14-,15+,16+,20-/m0/s1. The number of hydrogen-bond donors (Lipinski definition) is 3. The third-order valence-electron chi connectivity index (χ3n) is 5.14. The van der Waals surface area contributed by atoms with Gasteiger partial charge >= 0.3 is 0 Å². The summed E-state index contributed by atoms with van der Waals surface area (Å²) in [5, 5.41) is 30.2. The highest BCUT2D eigenvalue weighted by atomic mass is 32.2.